The molecule has 1 aromatic carbocycles. The Morgan fingerprint density at radius 2 is 1.81 bits per heavy atom. The van der Waals surface area contributed by atoms with Crippen LogP contribution in [0.4, 0.5) is 13.2 Å². The lowest BCUT2D eigenvalue weighted by molar-refractivity contribution is -0.140. The molecule has 1 N–H and O–H groups in total. The second-order valence-corrected chi connectivity index (χ2v) is 6.21. The number of rotatable bonds is 7. The van der Waals surface area contributed by atoms with E-state index in [-0.39, 0.29) is 6.42 Å². The van der Waals surface area contributed by atoms with Crippen LogP contribution in [-0.2, 0) is 25.5 Å². The van der Waals surface area contributed by atoms with E-state index >= 15 is 0 Å². The standard InChI is InChI=1S/C18H19ClF3NO4/c1-3-26-17(27-4-2)11-7-10(5-6-13(11)19)8-12-14(24)9-15(18(20,21)22)23-16(12)25/h5-7,9,12,17H,3-4,8H2,1-2H3,(H,23,25). The van der Waals surface area contributed by atoms with Gasteiger partial charge in [0.05, 0.1) is 0 Å². The van der Waals surface area contributed by atoms with E-state index in [9.17, 15) is 22.8 Å². The lowest BCUT2D eigenvalue weighted by atomic mass is 9.90. The summed E-state index contributed by atoms with van der Waals surface area (Å²) >= 11 is 6.19. The summed E-state index contributed by atoms with van der Waals surface area (Å²) in [6.07, 6.45) is -5.15. The molecule has 0 saturated carbocycles. The third-order valence-corrected chi connectivity index (χ3v) is 4.24. The zero-order valence-corrected chi connectivity index (χ0v) is 15.5. The summed E-state index contributed by atoms with van der Waals surface area (Å²) in [5, 5.41) is 2.13. The molecule has 0 fully saturated rings. The number of halogens is 4. The Morgan fingerprint density at radius 3 is 2.33 bits per heavy atom. The van der Waals surface area contributed by atoms with E-state index in [0.717, 1.165) is 0 Å². The number of amides is 1. The molecular weight excluding hydrogens is 387 g/mol. The molecule has 0 spiro atoms. The van der Waals surface area contributed by atoms with Gasteiger partial charge in [-0.1, -0.05) is 17.7 Å². The Labute approximate surface area is 159 Å². The van der Waals surface area contributed by atoms with Crippen LogP contribution in [0, 0.1) is 5.92 Å². The maximum atomic E-state index is 12.7. The Morgan fingerprint density at radius 1 is 1.19 bits per heavy atom. The number of allylic oxidation sites excluding steroid dienone is 2. The normalized spacial score (nSPS) is 17.9. The van der Waals surface area contributed by atoms with Crippen molar-refractivity contribution in [3.8, 4) is 0 Å². The van der Waals surface area contributed by atoms with Gasteiger partial charge >= 0.3 is 6.18 Å². The lowest BCUT2D eigenvalue weighted by Crippen LogP contribution is -2.44. The molecule has 148 valence electrons. The van der Waals surface area contributed by atoms with E-state index in [1.54, 1.807) is 37.4 Å². The molecule has 1 atom stereocenters. The van der Waals surface area contributed by atoms with E-state index in [2.05, 4.69) is 0 Å². The highest BCUT2D eigenvalue weighted by Crippen LogP contribution is 2.30. The first-order chi connectivity index (χ1) is 12.7. The minimum Gasteiger partial charge on any atom is -0.349 e. The number of ketones is 1. The summed E-state index contributed by atoms with van der Waals surface area (Å²) in [7, 11) is 0. The van der Waals surface area contributed by atoms with Gasteiger partial charge in [-0.15, -0.1) is 0 Å². The van der Waals surface area contributed by atoms with Crippen molar-refractivity contribution >= 4 is 23.3 Å². The molecule has 1 aliphatic rings. The number of carbonyl (C=O) groups is 2. The van der Waals surface area contributed by atoms with Crippen molar-refractivity contribution in [3.05, 3.63) is 46.1 Å². The van der Waals surface area contributed by atoms with Gasteiger partial charge in [0, 0.05) is 29.9 Å². The molecule has 0 aliphatic carbocycles. The molecule has 1 heterocycles. The molecule has 1 amide bonds. The quantitative estimate of drug-likeness (QED) is 0.554. The highest BCUT2D eigenvalue weighted by molar-refractivity contribution is 6.31. The molecule has 5 nitrogen and oxygen atoms in total. The van der Waals surface area contributed by atoms with Crippen molar-refractivity contribution in [1.29, 1.82) is 0 Å². The van der Waals surface area contributed by atoms with Gasteiger partial charge in [-0.05, 0) is 38.0 Å². The summed E-state index contributed by atoms with van der Waals surface area (Å²) in [4.78, 5) is 24.1. The van der Waals surface area contributed by atoms with Gasteiger partial charge in [-0.2, -0.15) is 13.2 Å². The number of benzene rings is 1. The van der Waals surface area contributed by atoms with Crippen molar-refractivity contribution in [2.24, 2.45) is 5.92 Å². The average molecular weight is 406 g/mol. The molecule has 1 unspecified atom stereocenters. The topological polar surface area (TPSA) is 64.6 Å². The van der Waals surface area contributed by atoms with Crippen LogP contribution in [0.25, 0.3) is 0 Å². The first-order valence-corrected chi connectivity index (χ1v) is 8.70. The average Bonchev–Trinajstić information content (AvgIpc) is 2.58. The third kappa shape index (κ3) is 5.31. The predicted molar refractivity (Wildman–Crippen MR) is 91.9 cm³/mol. The Hall–Kier alpha value is -1.90. The fraction of sp³-hybridized carbons (Fsp3) is 0.444. The molecule has 0 saturated heterocycles. The highest BCUT2D eigenvalue weighted by atomic mass is 35.5. The van der Waals surface area contributed by atoms with Crippen molar-refractivity contribution in [1.82, 2.24) is 5.32 Å². The lowest BCUT2D eigenvalue weighted by Gasteiger charge is -2.23. The molecule has 0 aromatic heterocycles. The number of ether oxygens (including phenoxy) is 2. The molecule has 1 aromatic rings. The Kier molecular flexibility index (Phi) is 7.02. The molecule has 27 heavy (non-hydrogen) atoms. The van der Waals surface area contributed by atoms with Gasteiger partial charge in [0.25, 0.3) is 0 Å². The van der Waals surface area contributed by atoms with E-state index in [4.69, 9.17) is 21.1 Å². The Balaban J connectivity index is 2.25. The number of carbonyl (C=O) groups excluding carboxylic acids is 2. The van der Waals surface area contributed by atoms with Crippen molar-refractivity contribution in [2.45, 2.75) is 32.7 Å². The van der Waals surface area contributed by atoms with Gasteiger partial charge in [0.1, 0.15) is 11.6 Å². The largest absolute Gasteiger partial charge is 0.431 e. The van der Waals surface area contributed by atoms with Crippen LogP contribution in [0.2, 0.25) is 5.02 Å². The zero-order valence-electron chi connectivity index (χ0n) is 14.7. The number of alkyl halides is 3. The highest BCUT2D eigenvalue weighted by Gasteiger charge is 2.41. The van der Waals surface area contributed by atoms with Gasteiger partial charge in [0.2, 0.25) is 5.91 Å². The minimum atomic E-state index is -4.79. The van der Waals surface area contributed by atoms with E-state index < -0.39 is 35.8 Å². The van der Waals surface area contributed by atoms with Crippen LogP contribution in [0.3, 0.4) is 0 Å². The van der Waals surface area contributed by atoms with E-state index in [1.165, 1.54) is 0 Å². The summed E-state index contributed by atoms with van der Waals surface area (Å²) < 4.78 is 49.1. The monoisotopic (exact) mass is 405 g/mol. The minimum absolute atomic E-state index is 0.0680. The van der Waals surface area contributed by atoms with Crippen molar-refractivity contribution < 1.29 is 32.2 Å². The summed E-state index contributed by atoms with van der Waals surface area (Å²) in [6, 6.07) is 4.80. The summed E-state index contributed by atoms with van der Waals surface area (Å²) in [6.45, 7) is 4.33. The second kappa shape index (κ2) is 8.86. The maximum Gasteiger partial charge on any atom is 0.431 e. The van der Waals surface area contributed by atoms with Crippen LogP contribution in [0.5, 0.6) is 0 Å². The predicted octanol–water partition coefficient (Wildman–Crippen LogP) is 3.72. The van der Waals surface area contributed by atoms with E-state index in [1.807, 2.05) is 0 Å². The smallest absolute Gasteiger partial charge is 0.349 e. The molecule has 9 heteroatoms. The van der Waals surface area contributed by atoms with Crippen molar-refractivity contribution in [2.75, 3.05) is 13.2 Å². The summed E-state index contributed by atoms with van der Waals surface area (Å²) in [5.74, 6) is -3.13. The SMILES string of the molecule is CCOC(OCC)c1cc(CC2C(=O)C=C(C(F)(F)F)NC2=O)ccc1Cl. The fourth-order valence-electron chi connectivity index (χ4n) is 2.64. The first kappa shape index (κ1) is 21.4. The summed E-state index contributed by atoms with van der Waals surface area (Å²) in [5.41, 5.74) is -0.275. The molecular formula is C18H19ClF3NO4. The second-order valence-electron chi connectivity index (χ2n) is 5.80. The number of hydrogen-bond acceptors (Lipinski definition) is 4. The molecule has 2 rings (SSSR count). The van der Waals surface area contributed by atoms with Gasteiger partial charge in [0.15, 0.2) is 12.1 Å². The Bertz CT molecular complexity index is 743. The van der Waals surface area contributed by atoms with Crippen LogP contribution in [0.1, 0.15) is 31.3 Å². The number of nitrogens with one attached hydrogen (secondary N) is 1. The van der Waals surface area contributed by atoms with Gasteiger partial charge < -0.3 is 14.8 Å². The van der Waals surface area contributed by atoms with Crippen LogP contribution >= 0.6 is 11.6 Å². The first-order valence-electron chi connectivity index (χ1n) is 8.32. The number of hydrogen-bond donors (Lipinski definition) is 1. The fourth-order valence-corrected chi connectivity index (χ4v) is 2.85. The van der Waals surface area contributed by atoms with Crippen LogP contribution in [-0.4, -0.2) is 31.1 Å². The molecule has 1 aliphatic heterocycles. The zero-order chi connectivity index (χ0) is 20.2. The van der Waals surface area contributed by atoms with Gasteiger partial charge in [-0.25, -0.2) is 0 Å². The van der Waals surface area contributed by atoms with E-state index in [0.29, 0.717) is 35.4 Å². The molecule has 0 bridgehead atoms. The van der Waals surface area contributed by atoms with Crippen molar-refractivity contribution in [3.63, 3.8) is 0 Å². The maximum absolute atomic E-state index is 12.7. The van der Waals surface area contributed by atoms with Crippen LogP contribution < -0.4 is 5.32 Å². The molecule has 0 radical (unpaired) electrons. The van der Waals surface area contributed by atoms with Crippen LogP contribution in [0.15, 0.2) is 30.0 Å². The van der Waals surface area contributed by atoms with Gasteiger partial charge in [-0.3, -0.25) is 9.59 Å². The third-order valence-electron chi connectivity index (χ3n) is 3.90.